The van der Waals surface area contributed by atoms with Crippen LogP contribution >= 0.6 is 11.6 Å². The van der Waals surface area contributed by atoms with Gasteiger partial charge in [-0.3, -0.25) is 0 Å². The zero-order chi connectivity index (χ0) is 16.3. The average Bonchev–Trinajstić information content (AvgIpc) is 2.45. The van der Waals surface area contributed by atoms with Gasteiger partial charge >= 0.3 is 6.18 Å². The summed E-state index contributed by atoms with van der Waals surface area (Å²) in [6, 6.07) is 12.4. The van der Waals surface area contributed by atoms with Crippen molar-refractivity contribution >= 4 is 17.6 Å². The van der Waals surface area contributed by atoms with Gasteiger partial charge in [-0.2, -0.15) is 13.2 Å². The molecule has 3 nitrogen and oxygen atoms in total. The van der Waals surface area contributed by atoms with Crippen LogP contribution in [0.4, 0.5) is 13.2 Å². The highest BCUT2D eigenvalue weighted by molar-refractivity contribution is 6.30. The van der Waals surface area contributed by atoms with Gasteiger partial charge in [-0.15, -0.1) is 0 Å². The second-order valence-corrected chi connectivity index (χ2v) is 4.83. The van der Waals surface area contributed by atoms with Gasteiger partial charge in [-0.25, -0.2) is 0 Å². The average molecular weight is 330 g/mol. The molecule has 0 aromatic heterocycles. The standard InChI is InChI=1S/C15H10ClF3O3/c16-11-5-1-9(2-6-11)10-3-7-12(8-4-10)22-13(14(20)21)15(17,18)19/h1-8,13H,(H,20,21)/p-1. The van der Waals surface area contributed by atoms with Crippen LogP contribution in [-0.2, 0) is 4.79 Å². The smallest absolute Gasteiger partial charge is 0.430 e. The van der Waals surface area contributed by atoms with Crippen LogP contribution in [0.25, 0.3) is 11.1 Å². The van der Waals surface area contributed by atoms with Crippen molar-refractivity contribution in [2.75, 3.05) is 0 Å². The van der Waals surface area contributed by atoms with Crippen molar-refractivity contribution in [2.24, 2.45) is 0 Å². The highest BCUT2D eigenvalue weighted by Crippen LogP contribution is 2.27. The number of benzene rings is 2. The molecular formula is C15H9ClF3O3-. The minimum Gasteiger partial charge on any atom is -0.546 e. The lowest BCUT2D eigenvalue weighted by atomic mass is 10.1. The maximum absolute atomic E-state index is 12.5. The molecular weight excluding hydrogens is 321 g/mol. The van der Waals surface area contributed by atoms with Crippen molar-refractivity contribution in [1.29, 1.82) is 0 Å². The van der Waals surface area contributed by atoms with Gasteiger partial charge in [0.2, 0.25) is 6.10 Å². The van der Waals surface area contributed by atoms with E-state index in [0.717, 1.165) is 11.1 Å². The number of carbonyl (C=O) groups is 1. The zero-order valence-corrected chi connectivity index (χ0v) is 11.7. The lowest BCUT2D eigenvalue weighted by Gasteiger charge is -2.22. The van der Waals surface area contributed by atoms with Crippen LogP contribution < -0.4 is 9.84 Å². The second kappa shape index (κ2) is 6.27. The topological polar surface area (TPSA) is 49.4 Å². The largest absolute Gasteiger partial charge is 0.546 e. The van der Waals surface area contributed by atoms with E-state index >= 15 is 0 Å². The summed E-state index contributed by atoms with van der Waals surface area (Å²) in [5.74, 6) is -2.56. The Hall–Kier alpha value is -2.21. The first kappa shape index (κ1) is 16.2. The van der Waals surface area contributed by atoms with Gasteiger partial charge in [0.15, 0.2) is 0 Å². The molecule has 0 bridgehead atoms. The molecule has 7 heteroatoms. The van der Waals surface area contributed by atoms with Crippen molar-refractivity contribution in [3.8, 4) is 16.9 Å². The maximum atomic E-state index is 12.5. The molecule has 0 aliphatic carbocycles. The fourth-order valence-electron chi connectivity index (χ4n) is 1.75. The molecule has 0 N–H and O–H groups in total. The fraction of sp³-hybridized carbons (Fsp3) is 0.133. The molecule has 0 amide bonds. The van der Waals surface area contributed by atoms with Crippen molar-refractivity contribution in [3.05, 3.63) is 53.6 Å². The van der Waals surface area contributed by atoms with Crippen molar-refractivity contribution in [1.82, 2.24) is 0 Å². The molecule has 0 heterocycles. The first-order valence-corrected chi connectivity index (χ1v) is 6.45. The Morgan fingerprint density at radius 1 is 1.00 bits per heavy atom. The van der Waals surface area contributed by atoms with Gasteiger partial charge in [0.25, 0.3) is 0 Å². The minimum absolute atomic E-state index is 0.218. The highest BCUT2D eigenvalue weighted by atomic mass is 35.5. The number of ether oxygens (including phenoxy) is 1. The van der Waals surface area contributed by atoms with Crippen LogP contribution in [0.15, 0.2) is 48.5 Å². The van der Waals surface area contributed by atoms with E-state index in [1.807, 2.05) is 0 Å². The summed E-state index contributed by atoms with van der Waals surface area (Å²) >= 11 is 5.77. The Morgan fingerprint density at radius 2 is 1.45 bits per heavy atom. The number of rotatable bonds is 4. The number of carboxylic acid groups (broad SMARTS) is 1. The van der Waals surface area contributed by atoms with Gasteiger partial charge in [-0.1, -0.05) is 35.9 Å². The summed E-state index contributed by atoms with van der Waals surface area (Å²) in [6.45, 7) is 0. The third kappa shape index (κ3) is 3.92. The number of alkyl halides is 3. The molecule has 1 unspecified atom stereocenters. The van der Waals surface area contributed by atoms with Gasteiger partial charge in [0, 0.05) is 5.02 Å². The number of halogens is 4. The molecule has 0 aliphatic heterocycles. The van der Waals surface area contributed by atoms with E-state index in [2.05, 4.69) is 4.74 Å². The molecule has 1 atom stereocenters. The Bertz CT molecular complexity index is 651. The summed E-state index contributed by atoms with van der Waals surface area (Å²) in [6.07, 6.45) is -8.05. The van der Waals surface area contributed by atoms with Gasteiger partial charge in [0.05, 0.1) is 5.97 Å². The molecule has 0 spiro atoms. The summed E-state index contributed by atoms with van der Waals surface area (Å²) in [4.78, 5) is 10.5. The first-order valence-electron chi connectivity index (χ1n) is 6.07. The molecule has 116 valence electrons. The monoisotopic (exact) mass is 329 g/mol. The van der Waals surface area contributed by atoms with Crippen LogP contribution in [-0.4, -0.2) is 18.2 Å². The Balaban J connectivity index is 2.18. The van der Waals surface area contributed by atoms with Gasteiger partial charge in [-0.05, 0) is 35.4 Å². The summed E-state index contributed by atoms with van der Waals surface area (Å²) in [7, 11) is 0. The quantitative estimate of drug-likeness (QED) is 0.866. The third-order valence-electron chi connectivity index (χ3n) is 2.80. The third-order valence-corrected chi connectivity index (χ3v) is 3.05. The number of carbonyl (C=O) groups excluding carboxylic acids is 1. The fourth-order valence-corrected chi connectivity index (χ4v) is 1.88. The summed E-state index contributed by atoms with van der Waals surface area (Å²) in [5, 5.41) is 11.1. The SMILES string of the molecule is O=C([O-])C(Oc1ccc(-c2ccc(Cl)cc2)cc1)C(F)(F)F. The molecule has 0 radical (unpaired) electrons. The Labute approximate surface area is 128 Å². The molecule has 2 rings (SSSR count). The van der Waals surface area contributed by atoms with E-state index < -0.39 is 18.2 Å². The lowest BCUT2D eigenvalue weighted by molar-refractivity contribution is -0.329. The van der Waals surface area contributed by atoms with E-state index in [9.17, 15) is 23.1 Å². The normalized spacial score (nSPS) is 12.7. The second-order valence-electron chi connectivity index (χ2n) is 4.39. The molecule has 0 fully saturated rings. The molecule has 0 saturated carbocycles. The van der Waals surface area contributed by atoms with Gasteiger partial charge < -0.3 is 14.6 Å². The van der Waals surface area contributed by atoms with Crippen LogP contribution in [0.5, 0.6) is 5.75 Å². The van der Waals surface area contributed by atoms with E-state index in [1.165, 1.54) is 24.3 Å². The van der Waals surface area contributed by atoms with Crippen molar-refractivity contribution in [2.45, 2.75) is 12.3 Å². The molecule has 22 heavy (non-hydrogen) atoms. The van der Waals surface area contributed by atoms with Crippen molar-refractivity contribution in [3.63, 3.8) is 0 Å². The van der Waals surface area contributed by atoms with E-state index in [1.54, 1.807) is 24.3 Å². The van der Waals surface area contributed by atoms with Crippen LogP contribution in [0, 0.1) is 0 Å². The first-order chi connectivity index (χ1) is 10.3. The molecule has 2 aromatic carbocycles. The summed E-state index contributed by atoms with van der Waals surface area (Å²) < 4.78 is 41.9. The predicted octanol–water partition coefficient (Wildman–Crippen LogP) is 3.07. The van der Waals surface area contributed by atoms with E-state index in [0.29, 0.717) is 5.02 Å². The number of hydrogen-bond acceptors (Lipinski definition) is 3. The van der Waals surface area contributed by atoms with Crippen molar-refractivity contribution < 1.29 is 27.8 Å². The van der Waals surface area contributed by atoms with E-state index in [4.69, 9.17) is 11.6 Å². The zero-order valence-electron chi connectivity index (χ0n) is 10.9. The highest BCUT2D eigenvalue weighted by Gasteiger charge is 2.43. The number of hydrogen-bond donors (Lipinski definition) is 0. The Morgan fingerprint density at radius 3 is 1.86 bits per heavy atom. The van der Waals surface area contributed by atoms with Gasteiger partial charge in [0.1, 0.15) is 5.75 Å². The number of aliphatic carboxylic acids is 1. The molecule has 0 saturated heterocycles. The number of carboxylic acids is 1. The lowest BCUT2D eigenvalue weighted by Crippen LogP contribution is -2.49. The van der Waals surface area contributed by atoms with E-state index in [-0.39, 0.29) is 5.75 Å². The Kier molecular flexibility index (Phi) is 4.61. The predicted molar refractivity (Wildman–Crippen MR) is 72.4 cm³/mol. The summed E-state index contributed by atoms with van der Waals surface area (Å²) in [5.41, 5.74) is 1.53. The van der Waals surface area contributed by atoms with Crippen LogP contribution in [0.2, 0.25) is 5.02 Å². The van der Waals surface area contributed by atoms with Crippen LogP contribution in [0.1, 0.15) is 0 Å². The van der Waals surface area contributed by atoms with Crippen LogP contribution in [0.3, 0.4) is 0 Å². The molecule has 0 aliphatic rings. The minimum atomic E-state index is -5.05. The maximum Gasteiger partial charge on any atom is 0.430 e. The molecule has 2 aromatic rings.